The molecule has 1 aromatic carbocycles. The molecule has 0 saturated heterocycles. The fraction of sp³-hybridized carbons (Fsp3) is 0.0909. The monoisotopic (exact) mass is 314 g/mol. The summed E-state index contributed by atoms with van der Waals surface area (Å²) >= 11 is 5.80. The van der Waals surface area contributed by atoms with E-state index >= 15 is 0 Å². The minimum atomic E-state index is -3.80. The molecule has 0 aliphatic rings. The van der Waals surface area contributed by atoms with Crippen LogP contribution in [0.5, 0.6) is 5.75 Å². The van der Waals surface area contributed by atoms with Gasteiger partial charge in [0, 0.05) is 5.69 Å². The summed E-state index contributed by atoms with van der Waals surface area (Å²) in [6.45, 7) is 0. The Balaban J connectivity index is 2.28. The minimum absolute atomic E-state index is 0.0116. The molecule has 0 unspecified atom stereocenters. The second-order valence-electron chi connectivity index (χ2n) is 3.73. The Morgan fingerprint density at radius 2 is 1.95 bits per heavy atom. The SMILES string of the molecule is COc1cnc(NS(=O)(=O)c2ccc(N)cc2)nc1Cl. The molecule has 7 nitrogen and oxygen atoms in total. The summed E-state index contributed by atoms with van der Waals surface area (Å²) in [5, 5.41) is 0.0116. The van der Waals surface area contributed by atoms with Gasteiger partial charge in [0.25, 0.3) is 10.0 Å². The molecular weight excluding hydrogens is 304 g/mol. The molecule has 0 amide bonds. The summed E-state index contributed by atoms with van der Waals surface area (Å²) in [6.07, 6.45) is 1.27. The number of sulfonamides is 1. The third-order valence-electron chi connectivity index (χ3n) is 2.35. The molecule has 1 aromatic heterocycles. The van der Waals surface area contributed by atoms with E-state index in [0.717, 1.165) is 0 Å². The first kappa shape index (κ1) is 14.4. The predicted octanol–water partition coefficient (Wildman–Crippen LogP) is 1.52. The average molecular weight is 315 g/mol. The molecule has 3 N–H and O–H groups in total. The first-order valence-electron chi connectivity index (χ1n) is 5.37. The average Bonchev–Trinajstić information content (AvgIpc) is 2.39. The van der Waals surface area contributed by atoms with E-state index in [1.54, 1.807) is 0 Å². The molecule has 0 aliphatic carbocycles. The van der Waals surface area contributed by atoms with E-state index in [4.69, 9.17) is 22.1 Å². The van der Waals surface area contributed by atoms with Crippen LogP contribution < -0.4 is 15.2 Å². The number of aromatic nitrogens is 2. The number of benzene rings is 1. The highest BCUT2D eigenvalue weighted by Gasteiger charge is 2.16. The summed E-state index contributed by atoms with van der Waals surface area (Å²) in [5.74, 6) is 0.106. The van der Waals surface area contributed by atoms with Crippen molar-refractivity contribution in [2.45, 2.75) is 4.90 Å². The first-order chi connectivity index (χ1) is 9.42. The fourth-order valence-corrected chi connectivity index (χ4v) is 2.52. The molecule has 0 spiro atoms. The van der Waals surface area contributed by atoms with Gasteiger partial charge in [-0.1, -0.05) is 11.6 Å². The molecule has 0 fully saturated rings. The van der Waals surface area contributed by atoms with Gasteiger partial charge in [0.1, 0.15) is 0 Å². The molecule has 0 saturated carbocycles. The largest absolute Gasteiger partial charge is 0.492 e. The molecule has 1 heterocycles. The molecule has 0 aliphatic heterocycles. The van der Waals surface area contributed by atoms with Crippen molar-refractivity contribution in [3.8, 4) is 5.75 Å². The van der Waals surface area contributed by atoms with Crippen LogP contribution in [0.1, 0.15) is 0 Å². The highest BCUT2D eigenvalue weighted by Crippen LogP contribution is 2.22. The number of hydrogen-bond acceptors (Lipinski definition) is 6. The second-order valence-corrected chi connectivity index (χ2v) is 5.77. The number of nitrogens with two attached hydrogens (primary N) is 1. The lowest BCUT2D eigenvalue weighted by molar-refractivity contribution is 0.411. The van der Waals surface area contributed by atoms with Crippen molar-refractivity contribution in [3.63, 3.8) is 0 Å². The highest BCUT2D eigenvalue weighted by molar-refractivity contribution is 7.92. The number of nitrogens with one attached hydrogen (secondary N) is 1. The van der Waals surface area contributed by atoms with Crippen LogP contribution in [-0.4, -0.2) is 25.5 Å². The lowest BCUT2D eigenvalue weighted by Crippen LogP contribution is -2.15. The van der Waals surface area contributed by atoms with E-state index in [1.165, 1.54) is 37.6 Å². The number of halogens is 1. The van der Waals surface area contributed by atoms with Crippen LogP contribution in [0.25, 0.3) is 0 Å². The Labute approximate surface area is 120 Å². The van der Waals surface area contributed by atoms with Gasteiger partial charge in [0.15, 0.2) is 10.9 Å². The Morgan fingerprint density at radius 3 is 2.50 bits per heavy atom. The normalized spacial score (nSPS) is 11.1. The fourth-order valence-electron chi connectivity index (χ4n) is 1.36. The number of hydrogen-bond donors (Lipinski definition) is 2. The van der Waals surface area contributed by atoms with Crippen molar-refractivity contribution in [3.05, 3.63) is 35.6 Å². The van der Waals surface area contributed by atoms with Crippen LogP contribution in [0.3, 0.4) is 0 Å². The van der Waals surface area contributed by atoms with Gasteiger partial charge in [-0.05, 0) is 24.3 Å². The molecule has 106 valence electrons. The van der Waals surface area contributed by atoms with Crippen molar-refractivity contribution in [1.29, 1.82) is 0 Å². The summed E-state index contributed by atoms with van der Waals surface area (Å²) in [6, 6.07) is 5.72. The first-order valence-corrected chi connectivity index (χ1v) is 7.23. The van der Waals surface area contributed by atoms with E-state index < -0.39 is 10.0 Å². The zero-order valence-electron chi connectivity index (χ0n) is 10.4. The highest BCUT2D eigenvalue weighted by atomic mass is 35.5. The third kappa shape index (κ3) is 3.09. The van der Waals surface area contributed by atoms with Gasteiger partial charge in [-0.25, -0.2) is 18.1 Å². The van der Waals surface area contributed by atoms with Crippen LogP contribution in [0.4, 0.5) is 11.6 Å². The third-order valence-corrected chi connectivity index (χ3v) is 3.96. The predicted molar refractivity (Wildman–Crippen MR) is 75.3 cm³/mol. The smallest absolute Gasteiger partial charge is 0.264 e. The van der Waals surface area contributed by atoms with E-state index in [9.17, 15) is 8.42 Å². The topological polar surface area (TPSA) is 107 Å². The Kier molecular flexibility index (Phi) is 3.96. The van der Waals surface area contributed by atoms with Gasteiger partial charge in [-0.2, -0.15) is 4.98 Å². The van der Waals surface area contributed by atoms with Crippen molar-refractivity contribution < 1.29 is 13.2 Å². The number of rotatable bonds is 4. The van der Waals surface area contributed by atoms with Gasteiger partial charge < -0.3 is 10.5 Å². The van der Waals surface area contributed by atoms with Gasteiger partial charge in [0.05, 0.1) is 18.2 Å². The van der Waals surface area contributed by atoms with Crippen molar-refractivity contribution in [1.82, 2.24) is 9.97 Å². The Morgan fingerprint density at radius 1 is 1.30 bits per heavy atom. The van der Waals surface area contributed by atoms with Crippen LogP contribution in [-0.2, 0) is 10.0 Å². The second kappa shape index (κ2) is 5.51. The maximum Gasteiger partial charge on any atom is 0.264 e. The van der Waals surface area contributed by atoms with E-state index in [1.807, 2.05) is 0 Å². The summed E-state index contributed by atoms with van der Waals surface area (Å²) in [5.41, 5.74) is 5.97. The van der Waals surface area contributed by atoms with Crippen LogP contribution in [0, 0.1) is 0 Å². The van der Waals surface area contributed by atoms with Gasteiger partial charge in [-0.3, -0.25) is 0 Å². The number of nitrogens with zero attached hydrogens (tertiary/aromatic N) is 2. The molecule has 0 atom stereocenters. The summed E-state index contributed by atoms with van der Waals surface area (Å²) < 4.78 is 31.2. The number of nitrogen functional groups attached to an aromatic ring is 1. The van der Waals surface area contributed by atoms with Crippen molar-refractivity contribution in [2.75, 3.05) is 17.6 Å². The molecule has 9 heteroatoms. The molecule has 0 radical (unpaired) electrons. The quantitative estimate of drug-likeness (QED) is 0.654. The number of ether oxygens (including phenoxy) is 1. The van der Waals surface area contributed by atoms with Crippen molar-refractivity contribution >= 4 is 33.3 Å². The van der Waals surface area contributed by atoms with Crippen LogP contribution in [0.2, 0.25) is 5.15 Å². The van der Waals surface area contributed by atoms with Crippen molar-refractivity contribution in [2.24, 2.45) is 0 Å². The molecule has 2 aromatic rings. The lowest BCUT2D eigenvalue weighted by Gasteiger charge is -2.08. The molecular formula is C11H11ClN4O3S. The number of anilines is 2. The van der Waals surface area contributed by atoms with Gasteiger partial charge in [-0.15, -0.1) is 0 Å². The van der Waals surface area contributed by atoms with E-state index in [0.29, 0.717) is 5.69 Å². The molecule has 2 rings (SSSR count). The van der Waals surface area contributed by atoms with E-state index in [-0.39, 0.29) is 21.7 Å². The Bertz CT molecular complexity index is 719. The maximum absolute atomic E-state index is 12.1. The van der Waals surface area contributed by atoms with Crippen LogP contribution in [0.15, 0.2) is 35.4 Å². The van der Waals surface area contributed by atoms with Crippen LogP contribution >= 0.6 is 11.6 Å². The zero-order valence-corrected chi connectivity index (χ0v) is 11.9. The minimum Gasteiger partial charge on any atom is -0.492 e. The Hall–Kier alpha value is -2.06. The number of methoxy groups -OCH3 is 1. The standard InChI is InChI=1S/C11H11ClN4O3S/c1-19-9-6-14-11(15-10(9)12)16-20(17,18)8-4-2-7(13)3-5-8/h2-6H,13H2,1H3,(H,14,15,16). The zero-order chi connectivity index (χ0) is 14.8. The molecule has 0 bridgehead atoms. The lowest BCUT2D eigenvalue weighted by atomic mass is 10.3. The summed E-state index contributed by atoms with van der Waals surface area (Å²) in [7, 11) is -2.39. The molecule has 20 heavy (non-hydrogen) atoms. The van der Waals surface area contributed by atoms with Gasteiger partial charge in [0.2, 0.25) is 5.95 Å². The van der Waals surface area contributed by atoms with Gasteiger partial charge >= 0.3 is 0 Å². The maximum atomic E-state index is 12.1. The summed E-state index contributed by atoms with van der Waals surface area (Å²) in [4.78, 5) is 7.63. The van der Waals surface area contributed by atoms with E-state index in [2.05, 4.69) is 14.7 Å².